The predicted molar refractivity (Wildman–Crippen MR) is 109 cm³/mol. The third-order valence-electron chi connectivity index (χ3n) is 4.49. The van der Waals surface area contributed by atoms with Crippen LogP contribution in [0.1, 0.15) is 30.0 Å². The summed E-state index contributed by atoms with van der Waals surface area (Å²) in [7, 11) is 0. The number of para-hydroxylation sites is 2. The van der Waals surface area contributed by atoms with E-state index < -0.39 is 11.4 Å². The van der Waals surface area contributed by atoms with Crippen molar-refractivity contribution in [2.45, 2.75) is 37.3 Å². The molecule has 2 heterocycles. The zero-order chi connectivity index (χ0) is 20.4. The zero-order valence-electron chi connectivity index (χ0n) is 16.3. The molecular formula is C21H21N3O4S. The van der Waals surface area contributed by atoms with Crippen molar-refractivity contribution in [2.75, 3.05) is 11.9 Å². The number of hydrogen-bond acceptors (Lipinski definition) is 7. The maximum atomic E-state index is 12.5. The van der Waals surface area contributed by atoms with Gasteiger partial charge in [0.25, 0.3) is 11.1 Å². The van der Waals surface area contributed by atoms with Crippen LogP contribution in [0, 0.1) is 13.8 Å². The molecule has 0 spiro atoms. The first-order valence-corrected chi connectivity index (χ1v) is 10.1. The number of aryl methyl sites for hydroxylation is 2. The summed E-state index contributed by atoms with van der Waals surface area (Å²) in [6.07, 6.45) is -0.480. The number of anilines is 1. The van der Waals surface area contributed by atoms with Crippen molar-refractivity contribution >= 4 is 23.4 Å². The molecule has 1 aromatic heterocycles. The molecule has 4 rings (SSSR count). The van der Waals surface area contributed by atoms with Gasteiger partial charge in [-0.15, -0.1) is 10.2 Å². The highest BCUT2D eigenvalue weighted by Crippen LogP contribution is 2.36. The van der Waals surface area contributed by atoms with Gasteiger partial charge in [0, 0.05) is 5.69 Å². The summed E-state index contributed by atoms with van der Waals surface area (Å²) in [5, 5.41) is 10.9. The molecule has 0 bridgehead atoms. The molecule has 0 radical (unpaired) electrons. The number of amides is 1. The average Bonchev–Trinajstić information content (AvgIpc) is 3.18. The number of benzene rings is 2. The number of hydrogen-bond donors (Lipinski definition) is 1. The number of nitrogens with one attached hydrogen (secondary N) is 1. The number of fused-ring (bicyclic) bond motifs is 1. The van der Waals surface area contributed by atoms with E-state index in [1.54, 1.807) is 6.92 Å². The van der Waals surface area contributed by atoms with Gasteiger partial charge in [0.1, 0.15) is 6.61 Å². The normalized spacial score (nSPS) is 16.3. The minimum atomic E-state index is -0.480. The monoisotopic (exact) mass is 411 g/mol. The van der Waals surface area contributed by atoms with Gasteiger partial charge in [0.15, 0.2) is 11.5 Å². The van der Waals surface area contributed by atoms with Gasteiger partial charge in [0.05, 0.1) is 5.25 Å². The van der Waals surface area contributed by atoms with Crippen LogP contribution in [0.2, 0.25) is 0 Å². The van der Waals surface area contributed by atoms with Gasteiger partial charge in [-0.25, -0.2) is 0 Å². The predicted octanol–water partition coefficient (Wildman–Crippen LogP) is 4.32. The lowest BCUT2D eigenvalue weighted by atomic mass is 10.1. The summed E-state index contributed by atoms with van der Waals surface area (Å²) in [6, 6.07) is 13.3. The Morgan fingerprint density at radius 2 is 1.97 bits per heavy atom. The minimum absolute atomic E-state index is 0.132. The molecular weight excluding hydrogens is 390 g/mol. The van der Waals surface area contributed by atoms with Crippen LogP contribution in [-0.2, 0) is 4.79 Å². The van der Waals surface area contributed by atoms with Crippen LogP contribution < -0.4 is 14.8 Å². The van der Waals surface area contributed by atoms with E-state index >= 15 is 0 Å². The van der Waals surface area contributed by atoms with Crippen molar-refractivity contribution in [3.8, 4) is 11.5 Å². The van der Waals surface area contributed by atoms with Crippen LogP contribution in [0.3, 0.4) is 0 Å². The van der Waals surface area contributed by atoms with Crippen molar-refractivity contribution in [3.63, 3.8) is 0 Å². The van der Waals surface area contributed by atoms with E-state index in [1.165, 1.54) is 11.8 Å². The molecule has 1 aliphatic rings. The molecule has 0 saturated heterocycles. The van der Waals surface area contributed by atoms with E-state index in [0.717, 1.165) is 16.8 Å². The van der Waals surface area contributed by atoms with Gasteiger partial charge in [-0.2, -0.15) is 0 Å². The Hall–Kier alpha value is -3.00. The second-order valence-corrected chi connectivity index (χ2v) is 8.13. The number of rotatable bonds is 5. The van der Waals surface area contributed by atoms with E-state index in [9.17, 15) is 4.79 Å². The average molecular weight is 411 g/mol. The van der Waals surface area contributed by atoms with Crippen LogP contribution in [-0.4, -0.2) is 28.0 Å². The summed E-state index contributed by atoms with van der Waals surface area (Å²) in [6.45, 7) is 6.06. The van der Waals surface area contributed by atoms with Crippen molar-refractivity contribution < 1.29 is 18.7 Å². The first kappa shape index (κ1) is 19.3. The summed E-state index contributed by atoms with van der Waals surface area (Å²) in [5.74, 6) is 1.52. The first-order chi connectivity index (χ1) is 14.0. The Morgan fingerprint density at radius 1 is 1.17 bits per heavy atom. The molecule has 2 aromatic carbocycles. The SMILES string of the molecule is Cc1ccc(NC(=O)[C@@H](C)Sc2nnc([C@H]3COc4ccccc4O3)o2)c(C)c1. The molecule has 3 aromatic rings. The summed E-state index contributed by atoms with van der Waals surface area (Å²) < 4.78 is 17.3. The van der Waals surface area contributed by atoms with Gasteiger partial charge in [-0.3, -0.25) is 4.79 Å². The zero-order valence-corrected chi connectivity index (χ0v) is 17.2. The summed E-state index contributed by atoms with van der Waals surface area (Å²) >= 11 is 1.20. The molecule has 0 fully saturated rings. The number of thioether (sulfide) groups is 1. The second-order valence-electron chi connectivity index (χ2n) is 6.84. The van der Waals surface area contributed by atoms with Gasteiger partial charge in [0.2, 0.25) is 12.0 Å². The molecule has 2 atom stereocenters. The lowest BCUT2D eigenvalue weighted by Crippen LogP contribution is -2.23. The Balaban J connectivity index is 1.38. The van der Waals surface area contributed by atoms with Gasteiger partial charge < -0.3 is 19.2 Å². The Kier molecular flexibility index (Phi) is 5.44. The van der Waals surface area contributed by atoms with E-state index in [2.05, 4.69) is 15.5 Å². The molecule has 8 heteroatoms. The lowest BCUT2D eigenvalue weighted by molar-refractivity contribution is -0.115. The maximum Gasteiger partial charge on any atom is 0.277 e. The first-order valence-electron chi connectivity index (χ1n) is 9.26. The maximum absolute atomic E-state index is 12.5. The fraction of sp³-hybridized carbons (Fsp3) is 0.286. The van der Waals surface area contributed by atoms with Crippen LogP contribution in [0.5, 0.6) is 11.5 Å². The van der Waals surface area contributed by atoms with Gasteiger partial charge >= 0.3 is 0 Å². The number of aromatic nitrogens is 2. The van der Waals surface area contributed by atoms with Crippen molar-refractivity contribution in [2.24, 2.45) is 0 Å². The number of ether oxygens (including phenoxy) is 2. The number of carbonyl (C=O) groups excluding carboxylic acids is 1. The van der Waals surface area contributed by atoms with Crippen LogP contribution in [0.4, 0.5) is 5.69 Å². The second kappa shape index (κ2) is 8.16. The fourth-order valence-electron chi connectivity index (χ4n) is 2.93. The van der Waals surface area contributed by atoms with E-state index in [4.69, 9.17) is 13.9 Å². The van der Waals surface area contributed by atoms with Crippen LogP contribution >= 0.6 is 11.8 Å². The van der Waals surface area contributed by atoms with Crippen LogP contribution in [0.25, 0.3) is 0 Å². The molecule has 0 saturated carbocycles. The van der Waals surface area contributed by atoms with E-state index in [0.29, 0.717) is 22.6 Å². The Labute approximate surface area is 172 Å². The molecule has 1 N–H and O–H groups in total. The minimum Gasteiger partial charge on any atom is -0.485 e. The highest BCUT2D eigenvalue weighted by atomic mass is 32.2. The van der Waals surface area contributed by atoms with Gasteiger partial charge in [-0.05, 0) is 44.5 Å². The van der Waals surface area contributed by atoms with E-state index in [1.807, 2.05) is 56.3 Å². The highest BCUT2D eigenvalue weighted by Gasteiger charge is 2.28. The molecule has 1 aliphatic heterocycles. The fourth-order valence-corrected chi connectivity index (χ4v) is 3.62. The summed E-state index contributed by atoms with van der Waals surface area (Å²) in [5.41, 5.74) is 2.97. The van der Waals surface area contributed by atoms with Crippen molar-refractivity contribution in [3.05, 3.63) is 59.5 Å². The third kappa shape index (κ3) is 4.37. The molecule has 29 heavy (non-hydrogen) atoms. The Morgan fingerprint density at radius 3 is 2.76 bits per heavy atom. The topological polar surface area (TPSA) is 86.5 Å². The smallest absolute Gasteiger partial charge is 0.277 e. The van der Waals surface area contributed by atoms with Gasteiger partial charge in [-0.1, -0.05) is 41.6 Å². The standard InChI is InChI=1S/C21H21N3O4S/c1-12-8-9-15(13(2)10-12)22-19(25)14(3)29-21-24-23-20(28-21)18-11-26-16-6-4-5-7-17(16)27-18/h4-10,14,18H,11H2,1-3H3,(H,22,25)/t14-,18-/m1/s1. The molecule has 1 amide bonds. The molecule has 7 nitrogen and oxygen atoms in total. The number of nitrogens with zero attached hydrogens (tertiary/aromatic N) is 2. The molecule has 150 valence electrons. The third-order valence-corrected chi connectivity index (χ3v) is 5.43. The van der Waals surface area contributed by atoms with Crippen molar-refractivity contribution in [1.82, 2.24) is 10.2 Å². The Bertz CT molecular complexity index is 1040. The molecule has 0 aliphatic carbocycles. The summed E-state index contributed by atoms with van der Waals surface area (Å²) in [4.78, 5) is 12.5. The highest BCUT2D eigenvalue weighted by molar-refractivity contribution is 8.00. The van der Waals surface area contributed by atoms with Crippen molar-refractivity contribution in [1.29, 1.82) is 0 Å². The lowest BCUT2D eigenvalue weighted by Gasteiger charge is -2.23. The largest absolute Gasteiger partial charge is 0.485 e. The van der Waals surface area contributed by atoms with Crippen LogP contribution in [0.15, 0.2) is 52.1 Å². The number of carbonyl (C=O) groups is 1. The quantitative estimate of drug-likeness (QED) is 0.626. The molecule has 0 unspecified atom stereocenters. The van der Waals surface area contributed by atoms with E-state index in [-0.39, 0.29) is 12.5 Å².